The molecular weight excluding hydrogens is 374 g/mol. The van der Waals surface area contributed by atoms with Gasteiger partial charge in [0.25, 0.3) is 0 Å². The number of phenolic OH excluding ortho intramolecular Hbond substituents is 1. The van der Waals surface area contributed by atoms with E-state index in [4.69, 9.17) is 4.74 Å². The molecule has 0 aliphatic heterocycles. The highest BCUT2D eigenvalue weighted by Gasteiger charge is 2.20. The van der Waals surface area contributed by atoms with Crippen LogP contribution >= 0.6 is 0 Å². The number of hydrogen-bond acceptors (Lipinski definition) is 5. The molecule has 1 atom stereocenters. The van der Waals surface area contributed by atoms with Crippen LogP contribution in [0.2, 0.25) is 0 Å². The molecule has 0 aliphatic rings. The maximum absolute atomic E-state index is 11.0. The summed E-state index contributed by atoms with van der Waals surface area (Å²) in [5.41, 5.74) is 3.43. The van der Waals surface area contributed by atoms with Crippen LogP contribution in [0.5, 0.6) is 11.5 Å². The highest BCUT2D eigenvalue weighted by atomic mass is 16.5. The van der Waals surface area contributed by atoms with E-state index in [1.165, 1.54) is 0 Å². The maximum Gasteiger partial charge on any atom is 0.147 e. The summed E-state index contributed by atoms with van der Waals surface area (Å²) in [4.78, 5) is 8.82. The van der Waals surface area contributed by atoms with Crippen LogP contribution in [0.1, 0.15) is 36.1 Å². The molecule has 30 heavy (non-hydrogen) atoms. The van der Waals surface area contributed by atoms with Crippen LogP contribution in [0.15, 0.2) is 73.1 Å². The summed E-state index contributed by atoms with van der Waals surface area (Å²) >= 11 is 0. The van der Waals surface area contributed by atoms with E-state index < -0.39 is 0 Å². The number of fused-ring (bicyclic) bond motifs is 1. The summed E-state index contributed by atoms with van der Waals surface area (Å²) < 4.78 is 5.72. The number of ether oxygens (including phenoxy) is 1. The summed E-state index contributed by atoms with van der Waals surface area (Å²) in [6.45, 7) is 4.80. The van der Waals surface area contributed by atoms with E-state index in [2.05, 4.69) is 22.2 Å². The predicted octanol–water partition coefficient (Wildman–Crippen LogP) is 5.63. The molecule has 2 N–H and O–H groups in total. The summed E-state index contributed by atoms with van der Waals surface area (Å²) in [5.74, 6) is 1.74. The van der Waals surface area contributed by atoms with Crippen LogP contribution in [-0.2, 0) is 0 Å². The third kappa shape index (κ3) is 4.20. The van der Waals surface area contributed by atoms with Crippen LogP contribution in [0.4, 0.5) is 5.82 Å². The van der Waals surface area contributed by atoms with Gasteiger partial charge >= 0.3 is 0 Å². The molecule has 0 bridgehead atoms. The van der Waals surface area contributed by atoms with Crippen LogP contribution in [0, 0.1) is 6.92 Å². The standard InChI is InChI=1S/C25H25N3O2/c1-3-15-30-20-9-6-19(7-10-20)23(28-22-16-17(2)12-14-26-22)21-11-8-18-5-4-13-27-24(18)25(21)29/h4-14,16,23,29H,3,15H2,1-2H3,(H,26,28). The average molecular weight is 399 g/mol. The zero-order valence-corrected chi connectivity index (χ0v) is 17.2. The molecule has 5 nitrogen and oxygen atoms in total. The van der Waals surface area contributed by atoms with Crippen molar-refractivity contribution in [2.45, 2.75) is 26.3 Å². The van der Waals surface area contributed by atoms with Gasteiger partial charge in [0.05, 0.1) is 12.6 Å². The van der Waals surface area contributed by atoms with Crippen LogP contribution in [0.25, 0.3) is 10.9 Å². The van der Waals surface area contributed by atoms with Gasteiger partial charge in [-0.05, 0) is 54.8 Å². The van der Waals surface area contributed by atoms with E-state index in [1.807, 2.05) is 67.6 Å². The fraction of sp³-hybridized carbons (Fsp3) is 0.200. The van der Waals surface area contributed by atoms with Gasteiger partial charge in [0, 0.05) is 23.3 Å². The zero-order valence-electron chi connectivity index (χ0n) is 17.2. The van der Waals surface area contributed by atoms with Crippen molar-refractivity contribution in [1.82, 2.24) is 9.97 Å². The number of nitrogens with one attached hydrogen (secondary N) is 1. The SMILES string of the molecule is CCCOc1ccc(C(Nc2cc(C)ccn2)c2ccc3cccnc3c2O)cc1. The van der Waals surface area contributed by atoms with Crippen molar-refractivity contribution in [2.24, 2.45) is 0 Å². The number of rotatable bonds is 7. The summed E-state index contributed by atoms with van der Waals surface area (Å²) in [6.07, 6.45) is 4.43. The molecule has 2 aromatic carbocycles. The van der Waals surface area contributed by atoms with Gasteiger partial charge in [-0.3, -0.25) is 4.98 Å². The normalized spacial score (nSPS) is 11.9. The minimum Gasteiger partial charge on any atom is -0.505 e. The van der Waals surface area contributed by atoms with Crippen molar-refractivity contribution in [1.29, 1.82) is 0 Å². The van der Waals surface area contributed by atoms with Crippen molar-refractivity contribution in [2.75, 3.05) is 11.9 Å². The van der Waals surface area contributed by atoms with Gasteiger partial charge in [-0.15, -0.1) is 0 Å². The van der Waals surface area contributed by atoms with Crippen LogP contribution in [-0.4, -0.2) is 21.7 Å². The Kier molecular flexibility index (Phi) is 5.80. The van der Waals surface area contributed by atoms with E-state index in [9.17, 15) is 5.11 Å². The molecule has 0 amide bonds. The van der Waals surface area contributed by atoms with Crippen molar-refractivity contribution in [3.05, 3.63) is 89.7 Å². The van der Waals surface area contributed by atoms with E-state index in [0.717, 1.165) is 40.1 Å². The lowest BCUT2D eigenvalue weighted by Crippen LogP contribution is -2.14. The topological polar surface area (TPSA) is 67.3 Å². The Bertz CT molecular complexity index is 1140. The average Bonchev–Trinajstić information content (AvgIpc) is 2.77. The van der Waals surface area contributed by atoms with Crippen molar-refractivity contribution < 1.29 is 9.84 Å². The lowest BCUT2D eigenvalue weighted by molar-refractivity contribution is 0.317. The molecule has 0 saturated heterocycles. The lowest BCUT2D eigenvalue weighted by Gasteiger charge is -2.22. The van der Waals surface area contributed by atoms with Gasteiger partial charge in [0.2, 0.25) is 0 Å². The van der Waals surface area contributed by atoms with Gasteiger partial charge in [-0.25, -0.2) is 4.98 Å². The summed E-state index contributed by atoms with van der Waals surface area (Å²) in [7, 11) is 0. The number of nitrogens with zero attached hydrogens (tertiary/aromatic N) is 2. The predicted molar refractivity (Wildman–Crippen MR) is 120 cm³/mol. The maximum atomic E-state index is 11.0. The highest BCUT2D eigenvalue weighted by molar-refractivity contribution is 5.86. The third-order valence-electron chi connectivity index (χ3n) is 4.98. The minimum atomic E-state index is -0.300. The summed E-state index contributed by atoms with van der Waals surface area (Å²) in [5, 5.41) is 15.4. The van der Waals surface area contributed by atoms with Crippen LogP contribution in [0.3, 0.4) is 0 Å². The molecule has 0 aliphatic carbocycles. The molecule has 0 fully saturated rings. The molecule has 0 radical (unpaired) electrons. The van der Waals surface area contributed by atoms with Gasteiger partial charge in [-0.1, -0.05) is 37.3 Å². The number of anilines is 1. The van der Waals surface area contributed by atoms with E-state index >= 15 is 0 Å². The second-order valence-corrected chi connectivity index (χ2v) is 7.29. The molecule has 5 heteroatoms. The smallest absolute Gasteiger partial charge is 0.147 e. The first-order valence-electron chi connectivity index (χ1n) is 10.1. The van der Waals surface area contributed by atoms with Crippen molar-refractivity contribution >= 4 is 16.7 Å². The Labute approximate surface area is 176 Å². The highest BCUT2D eigenvalue weighted by Crippen LogP contribution is 2.36. The minimum absolute atomic E-state index is 0.171. The number of hydrogen-bond donors (Lipinski definition) is 2. The molecule has 4 rings (SSSR count). The van der Waals surface area contributed by atoms with Gasteiger partial charge in [-0.2, -0.15) is 0 Å². The molecule has 0 spiro atoms. The molecule has 4 aromatic rings. The number of benzene rings is 2. The molecule has 152 valence electrons. The fourth-order valence-electron chi connectivity index (χ4n) is 3.46. The number of phenols is 1. The lowest BCUT2D eigenvalue weighted by atomic mass is 9.96. The second kappa shape index (κ2) is 8.82. The Morgan fingerprint density at radius 2 is 1.83 bits per heavy atom. The van der Waals surface area contributed by atoms with E-state index in [-0.39, 0.29) is 11.8 Å². The fourth-order valence-corrected chi connectivity index (χ4v) is 3.46. The van der Waals surface area contributed by atoms with E-state index in [1.54, 1.807) is 12.4 Å². The Hall–Kier alpha value is -3.60. The first-order chi connectivity index (χ1) is 14.7. The quantitative estimate of drug-likeness (QED) is 0.421. The molecule has 0 saturated carbocycles. The zero-order chi connectivity index (χ0) is 20.9. The van der Waals surface area contributed by atoms with Crippen molar-refractivity contribution in [3.63, 3.8) is 0 Å². The third-order valence-corrected chi connectivity index (χ3v) is 4.98. The second-order valence-electron chi connectivity index (χ2n) is 7.29. The Morgan fingerprint density at radius 1 is 1.00 bits per heavy atom. The molecule has 1 unspecified atom stereocenters. The molecule has 2 aromatic heterocycles. The first kappa shape index (κ1) is 19.7. The summed E-state index contributed by atoms with van der Waals surface area (Å²) in [6, 6.07) is 19.3. The number of pyridine rings is 2. The Balaban J connectivity index is 1.76. The molecule has 2 heterocycles. The largest absolute Gasteiger partial charge is 0.505 e. The van der Waals surface area contributed by atoms with Gasteiger partial charge < -0.3 is 15.2 Å². The number of aromatic hydroxyl groups is 1. The van der Waals surface area contributed by atoms with Gasteiger partial charge in [0.15, 0.2) is 0 Å². The van der Waals surface area contributed by atoms with Crippen LogP contribution < -0.4 is 10.1 Å². The number of aryl methyl sites for hydroxylation is 1. The Morgan fingerprint density at radius 3 is 2.60 bits per heavy atom. The monoisotopic (exact) mass is 399 g/mol. The van der Waals surface area contributed by atoms with Gasteiger partial charge in [0.1, 0.15) is 22.8 Å². The van der Waals surface area contributed by atoms with E-state index in [0.29, 0.717) is 12.1 Å². The number of aromatic nitrogens is 2. The van der Waals surface area contributed by atoms with Crippen molar-refractivity contribution in [3.8, 4) is 11.5 Å². The molecular formula is C25H25N3O2. The first-order valence-corrected chi connectivity index (χ1v) is 10.1.